The number of carboxylic acids is 1. The third kappa shape index (κ3) is 2.68. The predicted octanol–water partition coefficient (Wildman–Crippen LogP) is 2.52. The van der Waals surface area contributed by atoms with Gasteiger partial charge in [0, 0.05) is 14.0 Å². The number of likely N-dealkylation sites (N-methyl/N-ethyl adjacent to an activating group) is 1. The van der Waals surface area contributed by atoms with Gasteiger partial charge in [0.15, 0.2) is 0 Å². The molecule has 1 amide bonds. The van der Waals surface area contributed by atoms with E-state index in [0.29, 0.717) is 12.8 Å². The average molecular weight is 255 g/mol. The summed E-state index contributed by atoms with van der Waals surface area (Å²) < 4.78 is 0. The molecule has 0 atom stereocenters. The summed E-state index contributed by atoms with van der Waals surface area (Å²) in [5, 5.41) is 9.68. The summed E-state index contributed by atoms with van der Waals surface area (Å²) in [6, 6.07) is 0. The van der Waals surface area contributed by atoms with E-state index in [-0.39, 0.29) is 16.7 Å². The van der Waals surface area contributed by atoms with Gasteiger partial charge in [-0.25, -0.2) is 4.79 Å². The Kier molecular flexibility index (Phi) is 3.54. The van der Waals surface area contributed by atoms with Crippen LogP contribution in [0.1, 0.15) is 53.9 Å². The second-order valence-electron chi connectivity index (χ2n) is 7.27. The summed E-state index contributed by atoms with van der Waals surface area (Å²) in [5.74, 6) is -1.08. The van der Waals surface area contributed by atoms with Crippen LogP contribution in [0.4, 0.5) is 0 Å². The maximum atomic E-state index is 11.8. The summed E-state index contributed by atoms with van der Waals surface area (Å²) in [7, 11) is 1.61. The lowest BCUT2D eigenvalue weighted by Crippen LogP contribution is -2.61. The topological polar surface area (TPSA) is 57.6 Å². The summed E-state index contributed by atoms with van der Waals surface area (Å²) in [4.78, 5) is 24.9. The minimum Gasteiger partial charge on any atom is -0.479 e. The zero-order chi connectivity index (χ0) is 14.4. The van der Waals surface area contributed by atoms with Gasteiger partial charge in [-0.1, -0.05) is 27.7 Å². The summed E-state index contributed by atoms with van der Waals surface area (Å²) >= 11 is 0. The lowest BCUT2D eigenvalue weighted by Gasteiger charge is -2.53. The number of aliphatic carboxylic acids is 1. The second-order valence-corrected chi connectivity index (χ2v) is 7.27. The fraction of sp³-hybridized carbons (Fsp3) is 0.857. The molecular weight excluding hydrogens is 230 g/mol. The van der Waals surface area contributed by atoms with Crippen LogP contribution in [-0.2, 0) is 9.59 Å². The van der Waals surface area contributed by atoms with E-state index in [2.05, 4.69) is 27.7 Å². The van der Waals surface area contributed by atoms with Crippen molar-refractivity contribution in [2.75, 3.05) is 7.05 Å². The van der Waals surface area contributed by atoms with Gasteiger partial charge in [0.1, 0.15) is 5.54 Å². The van der Waals surface area contributed by atoms with Crippen LogP contribution in [0.2, 0.25) is 0 Å². The highest BCUT2D eigenvalue weighted by atomic mass is 16.4. The normalized spacial score (nSPS) is 24.3. The van der Waals surface area contributed by atoms with Crippen molar-refractivity contribution in [1.29, 1.82) is 0 Å². The molecular formula is C14H25NO3. The summed E-state index contributed by atoms with van der Waals surface area (Å²) in [5.41, 5.74) is -1.23. The molecule has 1 aliphatic rings. The number of hydrogen-bond acceptors (Lipinski definition) is 2. The first kappa shape index (κ1) is 15.0. The molecule has 1 aliphatic carbocycles. The van der Waals surface area contributed by atoms with Crippen molar-refractivity contribution in [1.82, 2.24) is 4.90 Å². The second kappa shape index (κ2) is 4.25. The van der Waals surface area contributed by atoms with Gasteiger partial charge in [-0.05, 0) is 30.1 Å². The van der Waals surface area contributed by atoms with Gasteiger partial charge >= 0.3 is 5.97 Å². The fourth-order valence-corrected chi connectivity index (χ4v) is 3.90. The molecule has 0 aromatic carbocycles. The molecule has 104 valence electrons. The molecule has 0 aromatic heterocycles. The SMILES string of the molecule is CC(=O)N(C)C1(C(=O)O)CC(C)(C)CC(C)(C)C1. The molecule has 0 spiro atoms. The van der Waals surface area contributed by atoms with Crippen molar-refractivity contribution in [2.24, 2.45) is 10.8 Å². The number of carbonyl (C=O) groups is 2. The molecule has 4 nitrogen and oxygen atoms in total. The minimum absolute atomic E-state index is 0.0795. The molecule has 1 fully saturated rings. The van der Waals surface area contributed by atoms with Gasteiger partial charge in [0.2, 0.25) is 5.91 Å². The zero-order valence-corrected chi connectivity index (χ0v) is 12.3. The van der Waals surface area contributed by atoms with Crippen molar-refractivity contribution in [3.05, 3.63) is 0 Å². The number of nitrogens with zero attached hydrogens (tertiary/aromatic N) is 1. The van der Waals surface area contributed by atoms with Gasteiger partial charge in [0.25, 0.3) is 0 Å². The largest absolute Gasteiger partial charge is 0.479 e. The Morgan fingerprint density at radius 3 is 1.67 bits per heavy atom. The fourth-order valence-electron chi connectivity index (χ4n) is 3.90. The number of amides is 1. The predicted molar refractivity (Wildman–Crippen MR) is 70.2 cm³/mol. The van der Waals surface area contributed by atoms with Gasteiger partial charge in [0.05, 0.1) is 0 Å². The Hall–Kier alpha value is -1.06. The van der Waals surface area contributed by atoms with E-state index in [0.717, 1.165) is 6.42 Å². The van der Waals surface area contributed by atoms with Gasteiger partial charge < -0.3 is 10.0 Å². The van der Waals surface area contributed by atoms with E-state index in [1.807, 2.05) is 0 Å². The maximum absolute atomic E-state index is 11.8. The molecule has 0 bridgehead atoms. The standard InChI is InChI=1S/C14H25NO3/c1-10(16)15(6)14(11(17)18)8-12(2,3)7-13(4,5)9-14/h7-9H2,1-6H3,(H,17,18). The third-order valence-electron chi connectivity index (χ3n) is 4.01. The van der Waals surface area contributed by atoms with E-state index in [1.165, 1.54) is 11.8 Å². The van der Waals surface area contributed by atoms with Crippen molar-refractivity contribution < 1.29 is 14.7 Å². The van der Waals surface area contributed by atoms with Crippen molar-refractivity contribution in [2.45, 2.75) is 59.4 Å². The Balaban J connectivity index is 3.27. The highest BCUT2D eigenvalue weighted by Gasteiger charge is 2.54. The molecule has 18 heavy (non-hydrogen) atoms. The monoisotopic (exact) mass is 255 g/mol. The summed E-state index contributed by atoms with van der Waals surface area (Å²) in [6.07, 6.45) is 1.99. The van der Waals surface area contributed by atoms with Crippen molar-refractivity contribution >= 4 is 11.9 Å². The van der Waals surface area contributed by atoms with Crippen LogP contribution in [0.25, 0.3) is 0 Å². The van der Waals surface area contributed by atoms with Crippen LogP contribution >= 0.6 is 0 Å². The highest BCUT2D eigenvalue weighted by molar-refractivity contribution is 5.86. The molecule has 1 N–H and O–H groups in total. The van der Waals surface area contributed by atoms with Gasteiger partial charge in [-0.2, -0.15) is 0 Å². The Labute approximate surface area is 109 Å². The molecule has 0 unspecified atom stereocenters. The highest BCUT2D eigenvalue weighted by Crippen LogP contribution is 2.52. The zero-order valence-electron chi connectivity index (χ0n) is 12.3. The minimum atomic E-state index is -1.07. The number of carbonyl (C=O) groups excluding carboxylic acids is 1. The molecule has 1 saturated carbocycles. The smallest absolute Gasteiger partial charge is 0.329 e. The molecule has 0 aromatic rings. The first-order valence-corrected chi connectivity index (χ1v) is 6.40. The first-order valence-electron chi connectivity index (χ1n) is 6.40. The lowest BCUT2D eigenvalue weighted by molar-refractivity contribution is -0.167. The number of rotatable bonds is 2. The van der Waals surface area contributed by atoms with E-state index in [1.54, 1.807) is 7.05 Å². The van der Waals surface area contributed by atoms with Crippen LogP contribution < -0.4 is 0 Å². The van der Waals surface area contributed by atoms with E-state index in [4.69, 9.17) is 0 Å². The Bertz CT molecular complexity index is 355. The maximum Gasteiger partial charge on any atom is 0.329 e. The quantitative estimate of drug-likeness (QED) is 0.825. The first-order chi connectivity index (χ1) is 7.92. The van der Waals surface area contributed by atoms with Crippen LogP contribution in [0.3, 0.4) is 0 Å². The molecule has 4 heteroatoms. The lowest BCUT2D eigenvalue weighted by atomic mass is 9.58. The Morgan fingerprint density at radius 1 is 1.00 bits per heavy atom. The Morgan fingerprint density at radius 2 is 1.39 bits per heavy atom. The molecule has 0 heterocycles. The van der Waals surface area contributed by atoms with Crippen LogP contribution in [0.5, 0.6) is 0 Å². The number of carboxylic acid groups (broad SMARTS) is 1. The molecule has 0 saturated heterocycles. The van der Waals surface area contributed by atoms with Crippen LogP contribution in [0.15, 0.2) is 0 Å². The molecule has 0 aliphatic heterocycles. The van der Waals surface area contributed by atoms with E-state index < -0.39 is 11.5 Å². The summed E-state index contributed by atoms with van der Waals surface area (Å²) in [6.45, 7) is 9.76. The van der Waals surface area contributed by atoms with Crippen molar-refractivity contribution in [3.8, 4) is 0 Å². The molecule has 1 rings (SSSR count). The van der Waals surface area contributed by atoms with Gasteiger partial charge in [-0.15, -0.1) is 0 Å². The van der Waals surface area contributed by atoms with E-state index in [9.17, 15) is 14.7 Å². The molecule has 0 radical (unpaired) electrons. The average Bonchev–Trinajstić information content (AvgIpc) is 2.10. The van der Waals surface area contributed by atoms with E-state index >= 15 is 0 Å². The van der Waals surface area contributed by atoms with Gasteiger partial charge in [-0.3, -0.25) is 4.79 Å². The van der Waals surface area contributed by atoms with Crippen LogP contribution in [0, 0.1) is 10.8 Å². The third-order valence-corrected chi connectivity index (χ3v) is 4.01. The van der Waals surface area contributed by atoms with Crippen molar-refractivity contribution in [3.63, 3.8) is 0 Å². The van der Waals surface area contributed by atoms with Crippen LogP contribution in [-0.4, -0.2) is 34.5 Å². The number of hydrogen-bond donors (Lipinski definition) is 1.